The normalized spacial score (nSPS) is 13.2. The number of ether oxygens (including phenoxy) is 4. The monoisotopic (exact) mass is 799 g/mol. The predicted molar refractivity (Wildman–Crippen MR) is 225 cm³/mol. The summed E-state index contributed by atoms with van der Waals surface area (Å²) in [4.78, 5) is 55.7. The zero-order valence-electron chi connectivity index (χ0n) is 36.5. The minimum absolute atomic E-state index is 0.259. The second-order valence-electron chi connectivity index (χ2n) is 18.5. The predicted octanol–water partition coefficient (Wildman–Crippen LogP) is 10.1. The maximum atomic E-state index is 13.3. The molecular weight excluding hydrogens is 731 g/mol. The number of rotatable bonds is 17. The lowest BCUT2D eigenvalue weighted by atomic mass is 9.94. The smallest absolute Gasteiger partial charge is 0.410 e. The van der Waals surface area contributed by atoms with E-state index in [4.69, 9.17) is 18.9 Å². The molecule has 2 rings (SSSR count). The van der Waals surface area contributed by atoms with Crippen molar-refractivity contribution in [2.24, 2.45) is 11.8 Å². The molecule has 12 heteroatoms. The van der Waals surface area contributed by atoms with Crippen LogP contribution in [0.5, 0.6) is 0 Å². The van der Waals surface area contributed by atoms with Crippen LogP contribution in [0.25, 0.3) is 0 Å². The molecule has 314 valence electrons. The first kappa shape index (κ1) is 48.2. The minimum atomic E-state index is -0.622. The van der Waals surface area contributed by atoms with Gasteiger partial charge >= 0.3 is 24.1 Å². The van der Waals surface area contributed by atoms with Crippen LogP contribution in [0.15, 0.2) is 53.4 Å². The van der Waals surface area contributed by atoms with Crippen LogP contribution in [0.4, 0.5) is 15.3 Å². The van der Waals surface area contributed by atoms with Gasteiger partial charge in [0.1, 0.15) is 22.4 Å². The first-order valence-electron chi connectivity index (χ1n) is 19.6. The van der Waals surface area contributed by atoms with Crippen LogP contribution in [-0.4, -0.2) is 83.5 Å². The van der Waals surface area contributed by atoms with Crippen LogP contribution >= 0.6 is 11.9 Å². The Morgan fingerprint density at radius 3 is 1.39 bits per heavy atom. The van der Waals surface area contributed by atoms with Crippen molar-refractivity contribution in [2.45, 2.75) is 149 Å². The Balaban J connectivity index is 2.12. The fourth-order valence-corrected chi connectivity index (χ4v) is 6.29. The Morgan fingerprint density at radius 2 is 0.982 bits per heavy atom. The summed E-state index contributed by atoms with van der Waals surface area (Å²) < 4.78 is 26.0. The molecule has 0 bridgehead atoms. The fraction of sp³-hybridized carbons (Fsp3) is 0.636. The van der Waals surface area contributed by atoms with Crippen LogP contribution in [0.3, 0.4) is 0 Å². The van der Waals surface area contributed by atoms with Gasteiger partial charge in [0.25, 0.3) is 0 Å². The molecule has 0 aromatic heterocycles. The van der Waals surface area contributed by atoms with Gasteiger partial charge in [0.2, 0.25) is 0 Å². The standard InChI is InChI=1S/C44H69N3O8S/c1-41(2,3)52-37(48)33(21-17-25-46(13)39(50)54-43(7,8)9)27-31-19-15-23-35(29-31)45-56-36-24-16-20-32(30-36)28-34(38(49)53-42(4,5)6)22-18-26-47(14)40(51)55-44(10,11)12/h15-16,19-20,23-24,29-30,33-34,45H,17-18,21-22,25-28H2,1-14H3. The highest BCUT2D eigenvalue weighted by atomic mass is 32.2. The maximum Gasteiger partial charge on any atom is 0.410 e. The third-order valence-corrected chi connectivity index (χ3v) is 8.89. The molecule has 2 aromatic rings. The summed E-state index contributed by atoms with van der Waals surface area (Å²) in [6.45, 7) is 23.1. The third-order valence-electron chi connectivity index (χ3n) is 8.06. The van der Waals surface area contributed by atoms with Gasteiger partial charge in [0, 0.05) is 37.8 Å². The van der Waals surface area contributed by atoms with Crippen LogP contribution in [0.2, 0.25) is 0 Å². The van der Waals surface area contributed by atoms with Gasteiger partial charge in [0.15, 0.2) is 0 Å². The van der Waals surface area contributed by atoms with E-state index in [9.17, 15) is 19.2 Å². The molecule has 2 aromatic carbocycles. The molecule has 2 atom stereocenters. The topological polar surface area (TPSA) is 124 Å². The zero-order chi connectivity index (χ0) is 42.5. The Hall–Kier alpha value is -3.93. The lowest BCUT2D eigenvalue weighted by Crippen LogP contribution is -2.35. The molecule has 0 saturated heterocycles. The first-order valence-corrected chi connectivity index (χ1v) is 20.5. The Labute approximate surface area is 341 Å². The maximum absolute atomic E-state index is 13.3. The molecule has 11 nitrogen and oxygen atoms in total. The van der Waals surface area contributed by atoms with E-state index in [0.29, 0.717) is 51.6 Å². The SMILES string of the molecule is CN(CCCC(Cc1cccc(NSc2cccc(CC(CCCN(C)C(=O)OC(C)(C)C)C(=O)OC(C)(C)C)c2)c1)C(=O)OC(C)(C)C)C(=O)OC(C)(C)C. The van der Waals surface area contributed by atoms with E-state index in [1.807, 2.05) is 126 Å². The number of carbonyl (C=O) groups is 4. The number of nitrogens with one attached hydrogen (secondary N) is 1. The van der Waals surface area contributed by atoms with Crippen LogP contribution in [0.1, 0.15) is 120 Å². The van der Waals surface area contributed by atoms with Crippen LogP contribution < -0.4 is 4.72 Å². The van der Waals surface area contributed by atoms with Crippen molar-refractivity contribution in [1.82, 2.24) is 9.80 Å². The molecule has 0 aliphatic rings. The van der Waals surface area contributed by atoms with E-state index in [0.717, 1.165) is 21.7 Å². The molecule has 0 saturated carbocycles. The summed E-state index contributed by atoms with van der Waals surface area (Å²) in [6, 6.07) is 16.0. The summed E-state index contributed by atoms with van der Waals surface area (Å²) >= 11 is 1.46. The summed E-state index contributed by atoms with van der Waals surface area (Å²) in [5.74, 6) is -1.30. The average Bonchev–Trinajstić information content (AvgIpc) is 3.03. The summed E-state index contributed by atoms with van der Waals surface area (Å²) in [5.41, 5.74) is 0.455. The van der Waals surface area contributed by atoms with Gasteiger partial charge in [-0.3, -0.25) is 9.59 Å². The zero-order valence-corrected chi connectivity index (χ0v) is 37.3. The number of amides is 2. The van der Waals surface area contributed by atoms with Gasteiger partial charge in [-0.15, -0.1) is 0 Å². The molecule has 56 heavy (non-hydrogen) atoms. The second-order valence-corrected chi connectivity index (χ2v) is 19.4. The van der Waals surface area contributed by atoms with Crippen LogP contribution in [-0.2, 0) is 41.4 Å². The van der Waals surface area contributed by atoms with E-state index < -0.39 is 40.5 Å². The molecule has 0 aliphatic carbocycles. The highest BCUT2D eigenvalue weighted by Crippen LogP contribution is 2.27. The number of anilines is 1. The summed E-state index contributed by atoms with van der Waals surface area (Å²) in [7, 11) is 3.41. The second kappa shape index (κ2) is 21.0. The lowest BCUT2D eigenvalue weighted by Gasteiger charge is -2.26. The van der Waals surface area contributed by atoms with E-state index in [-0.39, 0.29) is 17.9 Å². The molecule has 2 amide bonds. The molecule has 2 unspecified atom stereocenters. The fourth-order valence-electron chi connectivity index (χ4n) is 5.57. The third kappa shape index (κ3) is 20.3. The Morgan fingerprint density at radius 1 is 0.589 bits per heavy atom. The number of carbonyl (C=O) groups excluding carboxylic acids is 4. The highest BCUT2D eigenvalue weighted by Gasteiger charge is 2.28. The van der Waals surface area contributed by atoms with Gasteiger partial charge in [-0.1, -0.05) is 24.3 Å². The van der Waals surface area contributed by atoms with E-state index in [1.165, 1.54) is 11.9 Å². The van der Waals surface area contributed by atoms with Crippen molar-refractivity contribution in [3.05, 3.63) is 59.7 Å². The van der Waals surface area contributed by atoms with Crippen LogP contribution in [0, 0.1) is 11.8 Å². The number of hydrogen-bond donors (Lipinski definition) is 1. The van der Waals surface area contributed by atoms with E-state index in [2.05, 4.69) is 10.8 Å². The number of nitrogens with zero attached hydrogens (tertiary/aromatic N) is 2. The summed E-state index contributed by atoms with van der Waals surface area (Å²) in [6.07, 6.45) is 2.52. The van der Waals surface area contributed by atoms with Crippen molar-refractivity contribution in [1.29, 1.82) is 0 Å². The Kier molecular flexibility index (Phi) is 18.1. The van der Waals surface area contributed by atoms with Crippen molar-refractivity contribution >= 4 is 41.8 Å². The van der Waals surface area contributed by atoms with Crippen molar-refractivity contribution in [3.8, 4) is 0 Å². The van der Waals surface area contributed by atoms with E-state index >= 15 is 0 Å². The van der Waals surface area contributed by atoms with Gasteiger partial charge < -0.3 is 33.5 Å². The molecule has 0 fully saturated rings. The van der Waals surface area contributed by atoms with Crippen molar-refractivity contribution in [3.63, 3.8) is 0 Å². The largest absolute Gasteiger partial charge is 0.460 e. The minimum Gasteiger partial charge on any atom is -0.460 e. The van der Waals surface area contributed by atoms with Crippen molar-refractivity contribution < 1.29 is 38.1 Å². The molecule has 0 radical (unpaired) electrons. The Bertz CT molecular complexity index is 1470. The lowest BCUT2D eigenvalue weighted by molar-refractivity contribution is -0.161. The van der Waals surface area contributed by atoms with Gasteiger partial charge in [0.05, 0.1) is 11.8 Å². The average molecular weight is 800 g/mol. The van der Waals surface area contributed by atoms with Gasteiger partial charge in [-0.25, -0.2) is 9.59 Å². The number of hydrogen-bond acceptors (Lipinski definition) is 10. The van der Waals surface area contributed by atoms with Crippen molar-refractivity contribution in [2.75, 3.05) is 31.9 Å². The molecule has 0 aliphatic heterocycles. The molecule has 1 N–H and O–H groups in total. The highest BCUT2D eigenvalue weighted by molar-refractivity contribution is 8.00. The number of benzene rings is 2. The van der Waals surface area contributed by atoms with Gasteiger partial charge in [-0.2, -0.15) is 0 Å². The first-order chi connectivity index (χ1) is 25.7. The molecule has 0 heterocycles. The molecule has 0 spiro atoms. The molecular formula is C44H69N3O8S. The summed E-state index contributed by atoms with van der Waals surface area (Å²) in [5, 5.41) is 0. The van der Waals surface area contributed by atoms with Gasteiger partial charge in [-0.05, 0) is 169 Å². The van der Waals surface area contributed by atoms with E-state index in [1.54, 1.807) is 23.9 Å². The number of esters is 2. The quantitative estimate of drug-likeness (QED) is 0.0940.